The average Bonchev–Trinajstić information content (AvgIpc) is 2.94. The number of thioether (sulfide) groups is 1. The van der Waals surface area contributed by atoms with Gasteiger partial charge in [0.1, 0.15) is 6.04 Å². The van der Waals surface area contributed by atoms with Crippen LogP contribution < -0.4 is 5.32 Å². The lowest BCUT2D eigenvalue weighted by Gasteiger charge is -2.20. The van der Waals surface area contributed by atoms with Crippen LogP contribution >= 0.6 is 11.8 Å². The van der Waals surface area contributed by atoms with Crippen molar-refractivity contribution in [1.29, 1.82) is 0 Å². The molecule has 0 radical (unpaired) electrons. The van der Waals surface area contributed by atoms with Crippen LogP contribution in [0.1, 0.15) is 12.8 Å². The molecule has 1 fully saturated rings. The monoisotopic (exact) mass is 320 g/mol. The van der Waals surface area contributed by atoms with Crippen molar-refractivity contribution in [2.45, 2.75) is 23.8 Å². The Morgan fingerprint density at radius 1 is 1.45 bits per heavy atom. The van der Waals surface area contributed by atoms with Crippen LogP contribution in [-0.4, -0.2) is 46.8 Å². The second kappa shape index (κ2) is 8.00. The maximum atomic E-state index is 12.2. The molecular weight excluding hydrogens is 300 g/mol. The van der Waals surface area contributed by atoms with Crippen molar-refractivity contribution >= 4 is 29.3 Å². The molecule has 1 aliphatic rings. The summed E-state index contributed by atoms with van der Waals surface area (Å²) in [7, 11) is 0. The van der Waals surface area contributed by atoms with E-state index < -0.39 is 12.0 Å². The third-order valence-corrected chi connectivity index (χ3v) is 4.58. The molecule has 1 aliphatic heterocycles. The Morgan fingerprint density at radius 2 is 2.23 bits per heavy atom. The van der Waals surface area contributed by atoms with Gasteiger partial charge in [-0.05, 0) is 31.5 Å². The Labute approximate surface area is 134 Å². The first kappa shape index (κ1) is 16.6. The zero-order valence-electron chi connectivity index (χ0n) is 12.3. The van der Waals surface area contributed by atoms with Crippen molar-refractivity contribution in [3.63, 3.8) is 0 Å². The summed E-state index contributed by atoms with van der Waals surface area (Å²) in [6.07, 6.45) is 3.23. The lowest BCUT2D eigenvalue weighted by molar-refractivity contribution is -0.142. The first-order valence-electron chi connectivity index (χ1n) is 7.21. The summed E-state index contributed by atoms with van der Waals surface area (Å²) in [5.74, 6) is -0.271. The minimum Gasteiger partial charge on any atom is -0.480 e. The molecule has 0 aliphatic carbocycles. The van der Waals surface area contributed by atoms with Gasteiger partial charge in [-0.2, -0.15) is 0 Å². The summed E-state index contributed by atoms with van der Waals surface area (Å²) in [6, 6.07) is 7.03. The maximum Gasteiger partial charge on any atom is 0.320 e. The molecule has 1 amide bonds. The minimum atomic E-state index is -0.854. The van der Waals surface area contributed by atoms with Crippen LogP contribution in [-0.2, 0) is 9.59 Å². The van der Waals surface area contributed by atoms with E-state index in [1.54, 1.807) is 16.7 Å². The van der Waals surface area contributed by atoms with Crippen LogP contribution in [0.4, 0.5) is 5.69 Å². The third-order valence-electron chi connectivity index (χ3n) is 3.51. The number of anilines is 1. The number of amides is 1. The van der Waals surface area contributed by atoms with Crippen LogP contribution in [0.25, 0.3) is 0 Å². The molecule has 0 aromatic heterocycles. The molecule has 6 heteroatoms. The number of aliphatic carboxylic acids is 1. The van der Waals surface area contributed by atoms with E-state index in [4.69, 9.17) is 5.11 Å². The molecule has 2 N–H and O–H groups in total. The zero-order valence-corrected chi connectivity index (χ0v) is 13.1. The number of carboxylic acid groups (broad SMARTS) is 1. The highest BCUT2D eigenvalue weighted by molar-refractivity contribution is 7.99. The number of hydrogen-bond acceptors (Lipinski definition) is 4. The summed E-state index contributed by atoms with van der Waals surface area (Å²) >= 11 is 1.60. The molecule has 1 atom stereocenters. The maximum absolute atomic E-state index is 12.2. The van der Waals surface area contributed by atoms with Gasteiger partial charge in [-0.15, -0.1) is 18.3 Å². The fourth-order valence-electron chi connectivity index (χ4n) is 2.51. The molecule has 1 heterocycles. The largest absolute Gasteiger partial charge is 0.480 e. The summed E-state index contributed by atoms with van der Waals surface area (Å²) in [4.78, 5) is 26.0. The first-order chi connectivity index (χ1) is 10.6. The Balaban J connectivity index is 1.97. The number of rotatable bonds is 7. The van der Waals surface area contributed by atoms with Gasteiger partial charge in [0.05, 0.1) is 12.2 Å². The number of carboxylic acids is 1. The van der Waals surface area contributed by atoms with Crippen LogP contribution in [0.15, 0.2) is 41.8 Å². The van der Waals surface area contributed by atoms with Crippen molar-refractivity contribution < 1.29 is 14.7 Å². The van der Waals surface area contributed by atoms with Gasteiger partial charge in [0, 0.05) is 10.6 Å². The van der Waals surface area contributed by atoms with E-state index in [1.165, 1.54) is 0 Å². The number of nitrogens with zero attached hydrogens (tertiary/aromatic N) is 1. The predicted octanol–water partition coefficient (Wildman–Crippen LogP) is 2.45. The van der Waals surface area contributed by atoms with E-state index >= 15 is 0 Å². The fourth-order valence-corrected chi connectivity index (χ4v) is 3.26. The Morgan fingerprint density at radius 3 is 2.95 bits per heavy atom. The SMILES string of the molecule is C=CCSc1ccccc1NC(=O)CN1CCC[C@@H]1C(=O)O. The average molecular weight is 320 g/mol. The highest BCUT2D eigenvalue weighted by Gasteiger charge is 2.31. The van der Waals surface area contributed by atoms with Crippen molar-refractivity contribution in [2.24, 2.45) is 0 Å². The Kier molecular flexibility index (Phi) is 6.03. The van der Waals surface area contributed by atoms with E-state index in [9.17, 15) is 9.59 Å². The molecule has 118 valence electrons. The summed E-state index contributed by atoms with van der Waals surface area (Å²) < 4.78 is 0. The second-order valence-electron chi connectivity index (χ2n) is 5.11. The second-order valence-corrected chi connectivity index (χ2v) is 6.17. The molecule has 1 aromatic carbocycles. The number of carbonyl (C=O) groups excluding carboxylic acids is 1. The normalized spacial score (nSPS) is 18.1. The molecule has 0 saturated carbocycles. The lowest BCUT2D eigenvalue weighted by atomic mass is 10.2. The quantitative estimate of drug-likeness (QED) is 0.596. The third kappa shape index (κ3) is 4.35. The Bertz CT molecular complexity index is 562. The van der Waals surface area contributed by atoms with E-state index in [0.29, 0.717) is 13.0 Å². The zero-order chi connectivity index (χ0) is 15.9. The first-order valence-corrected chi connectivity index (χ1v) is 8.20. The molecule has 0 unspecified atom stereocenters. The lowest BCUT2D eigenvalue weighted by Crippen LogP contribution is -2.40. The van der Waals surface area contributed by atoms with Crippen LogP contribution in [0.2, 0.25) is 0 Å². The van der Waals surface area contributed by atoms with Crippen molar-refractivity contribution in [2.75, 3.05) is 24.2 Å². The number of carbonyl (C=O) groups is 2. The van der Waals surface area contributed by atoms with E-state index in [0.717, 1.165) is 22.8 Å². The van der Waals surface area contributed by atoms with Crippen molar-refractivity contribution in [3.05, 3.63) is 36.9 Å². The highest BCUT2D eigenvalue weighted by atomic mass is 32.2. The van der Waals surface area contributed by atoms with Gasteiger partial charge in [0.25, 0.3) is 0 Å². The summed E-state index contributed by atoms with van der Waals surface area (Å²) in [5, 5.41) is 12.0. The Hall–Kier alpha value is -1.79. The minimum absolute atomic E-state index is 0.109. The molecule has 5 nitrogen and oxygen atoms in total. The van der Waals surface area contributed by atoms with Gasteiger partial charge in [-0.1, -0.05) is 18.2 Å². The number of likely N-dealkylation sites (tertiary alicyclic amines) is 1. The van der Waals surface area contributed by atoms with Gasteiger partial charge in [0.2, 0.25) is 5.91 Å². The molecular formula is C16H20N2O3S. The van der Waals surface area contributed by atoms with Gasteiger partial charge >= 0.3 is 5.97 Å². The number of para-hydroxylation sites is 1. The number of benzene rings is 1. The van der Waals surface area contributed by atoms with Crippen LogP contribution in [0, 0.1) is 0 Å². The molecule has 2 rings (SSSR count). The molecule has 22 heavy (non-hydrogen) atoms. The standard InChI is InChI=1S/C16H20N2O3S/c1-2-10-22-14-8-4-3-6-12(14)17-15(19)11-18-9-5-7-13(18)16(20)21/h2-4,6,8,13H,1,5,7,9-11H2,(H,17,19)(H,20,21)/t13-/m1/s1. The van der Waals surface area contributed by atoms with Crippen molar-refractivity contribution in [1.82, 2.24) is 4.90 Å². The van der Waals surface area contributed by atoms with E-state index in [1.807, 2.05) is 30.3 Å². The predicted molar refractivity (Wildman–Crippen MR) is 88.2 cm³/mol. The highest BCUT2D eigenvalue weighted by Crippen LogP contribution is 2.27. The summed E-state index contributed by atoms with van der Waals surface area (Å²) in [5.41, 5.74) is 0.755. The fraction of sp³-hybridized carbons (Fsp3) is 0.375. The van der Waals surface area contributed by atoms with E-state index in [2.05, 4.69) is 11.9 Å². The van der Waals surface area contributed by atoms with E-state index in [-0.39, 0.29) is 12.5 Å². The summed E-state index contributed by atoms with van der Waals surface area (Å²) in [6.45, 7) is 4.45. The number of nitrogens with one attached hydrogen (secondary N) is 1. The topological polar surface area (TPSA) is 69.6 Å². The molecule has 1 aromatic rings. The van der Waals surface area contributed by atoms with Crippen molar-refractivity contribution in [3.8, 4) is 0 Å². The van der Waals surface area contributed by atoms with Gasteiger partial charge in [-0.3, -0.25) is 14.5 Å². The molecule has 0 spiro atoms. The number of hydrogen-bond donors (Lipinski definition) is 2. The molecule has 0 bridgehead atoms. The van der Waals surface area contributed by atoms with Gasteiger partial charge in [0.15, 0.2) is 0 Å². The van der Waals surface area contributed by atoms with Crippen LogP contribution in [0.5, 0.6) is 0 Å². The molecule has 1 saturated heterocycles. The smallest absolute Gasteiger partial charge is 0.320 e. The van der Waals surface area contributed by atoms with Crippen LogP contribution in [0.3, 0.4) is 0 Å². The van der Waals surface area contributed by atoms with Gasteiger partial charge < -0.3 is 10.4 Å². The van der Waals surface area contributed by atoms with Gasteiger partial charge in [-0.25, -0.2) is 0 Å².